The topological polar surface area (TPSA) is 6.48 Å². The number of likely N-dealkylation sites (N-methyl/N-ethyl adjacent to an activating group) is 1. The van der Waals surface area contributed by atoms with E-state index in [9.17, 15) is 0 Å². The molecule has 0 spiro atoms. The number of nitrogens with zero attached hydrogens (tertiary/aromatic N) is 2. The van der Waals surface area contributed by atoms with Crippen LogP contribution in [0.2, 0.25) is 0 Å². The summed E-state index contributed by atoms with van der Waals surface area (Å²) < 4.78 is 0. The summed E-state index contributed by atoms with van der Waals surface area (Å²) in [5.41, 5.74) is 2.81. The Morgan fingerprint density at radius 2 is 1.08 bits per heavy atom. The van der Waals surface area contributed by atoms with E-state index in [0.717, 1.165) is 19.4 Å². The van der Waals surface area contributed by atoms with Gasteiger partial charge in [-0.25, -0.2) is 0 Å². The molecule has 3 rings (SSSR count). The van der Waals surface area contributed by atoms with Gasteiger partial charge in [0.25, 0.3) is 0 Å². The summed E-state index contributed by atoms with van der Waals surface area (Å²) in [6.07, 6.45) is 28.1. The highest BCUT2D eigenvalue weighted by Gasteiger charge is 2.47. The Labute approximate surface area is 241 Å². The average molecular weight is 531 g/mol. The molecule has 0 bridgehead atoms. The SMILES string of the molecule is CCCCCCCCCCCCCCCCCN1C=CN(C)C1(Cc1ccccc1)C(CC)c1ccccc1. The molecule has 216 valence electrons. The van der Waals surface area contributed by atoms with Gasteiger partial charge in [0, 0.05) is 38.3 Å². The van der Waals surface area contributed by atoms with Crippen LogP contribution in [0, 0.1) is 0 Å². The van der Waals surface area contributed by atoms with Gasteiger partial charge in [0.2, 0.25) is 0 Å². The molecule has 1 aliphatic heterocycles. The largest absolute Gasteiger partial charge is 0.356 e. The number of unbranched alkanes of at least 4 members (excludes halogenated alkanes) is 14. The van der Waals surface area contributed by atoms with Crippen molar-refractivity contribution in [1.29, 1.82) is 0 Å². The Balaban J connectivity index is 1.44. The molecular weight excluding hydrogens is 472 g/mol. The minimum atomic E-state index is -0.0620. The maximum Gasteiger partial charge on any atom is 0.123 e. The molecule has 0 saturated heterocycles. The van der Waals surface area contributed by atoms with E-state index >= 15 is 0 Å². The molecule has 1 aliphatic rings. The second kappa shape index (κ2) is 18.2. The van der Waals surface area contributed by atoms with Crippen LogP contribution in [0.25, 0.3) is 0 Å². The normalized spacial score (nSPS) is 17.7. The van der Waals surface area contributed by atoms with Crippen molar-refractivity contribution >= 4 is 0 Å². The molecule has 2 nitrogen and oxygen atoms in total. The Kier molecular flexibility index (Phi) is 14.6. The molecule has 0 aliphatic carbocycles. The van der Waals surface area contributed by atoms with Gasteiger partial charge in [-0.2, -0.15) is 0 Å². The summed E-state index contributed by atoms with van der Waals surface area (Å²) in [7, 11) is 2.29. The molecule has 2 atom stereocenters. The zero-order valence-corrected chi connectivity index (χ0v) is 25.6. The summed E-state index contributed by atoms with van der Waals surface area (Å²) in [5.74, 6) is 0.440. The van der Waals surface area contributed by atoms with Gasteiger partial charge in [-0.3, -0.25) is 0 Å². The van der Waals surface area contributed by atoms with Gasteiger partial charge in [-0.1, -0.05) is 164 Å². The standard InChI is InChI=1S/C37H58N2/c1-4-6-7-8-9-10-11-12-13-14-15-16-17-18-25-30-39-32-31-38(3)37(39,33-34-26-21-19-22-27-34)36(5-2)35-28-23-20-24-29-35/h19-24,26-29,31-32,36H,4-18,25,30,33H2,1-3H3. The van der Waals surface area contributed by atoms with Gasteiger partial charge in [0.1, 0.15) is 5.66 Å². The van der Waals surface area contributed by atoms with E-state index in [1.54, 1.807) is 0 Å². The lowest BCUT2D eigenvalue weighted by molar-refractivity contribution is 0.0121. The fourth-order valence-corrected chi connectivity index (χ4v) is 6.77. The van der Waals surface area contributed by atoms with E-state index in [2.05, 4.69) is 104 Å². The summed E-state index contributed by atoms with van der Waals surface area (Å²) >= 11 is 0. The Morgan fingerprint density at radius 1 is 0.590 bits per heavy atom. The van der Waals surface area contributed by atoms with E-state index in [1.165, 1.54) is 107 Å². The lowest BCUT2D eigenvalue weighted by Gasteiger charge is -2.50. The molecule has 39 heavy (non-hydrogen) atoms. The predicted molar refractivity (Wildman–Crippen MR) is 171 cm³/mol. The number of benzene rings is 2. The first-order valence-electron chi connectivity index (χ1n) is 16.5. The maximum absolute atomic E-state index is 2.68. The van der Waals surface area contributed by atoms with Gasteiger partial charge in [-0.15, -0.1) is 0 Å². The van der Waals surface area contributed by atoms with Crippen LogP contribution >= 0.6 is 0 Å². The highest BCUT2D eigenvalue weighted by Crippen LogP contribution is 2.44. The first-order valence-corrected chi connectivity index (χ1v) is 16.5. The summed E-state index contributed by atoms with van der Waals surface area (Å²) in [6.45, 7) is 5.80. The minimum absolute atomic E-state index is 0.0620. The van der Waals surface area contributed by atoms with Crippen LogP contribution in [0.1, 0.15) is 134 Å². The van der Waals surface area contributed by atoms with Crippen LogP contribution < -0.4 is 0 Å². The zero-order chi connectivity index (χ0) is 27.6. The average Bonchev–Trinajstić information content (AvgIpc) is 3.27. The van der Waals surface area contributed by atoms with Crippen LogP contribution in [-0.2, 0) is 6.42 Å². The lowest BCUT2D eigenvalue weighted by Crippen LogP contribution is -2.58. The van der Waals surface area contributed by atoms with Crippen molar-refractivity contribution in [3.05, 3.63) is 84.2 Å². The fourth-order valence-electron chi connectivity index (χ4n) is 6.77. The van der Waals surface area contributed by atoms with Gasteiger partial charge in [0.05, 0.1) is 0 Å². The molecule has 0 aromatic heterocycles. The third kappa shape index (κ3) is 9.73. The van der Waals surface area contributed by atoms with Crippen LogP contribution in [0.4, 0.5) is 0 Å². The van der Waals surface area contributed by atoms with E-state index in [0.29, 0.717) is 5.92 Å². The Morgan fingerprint density at radius 3 is 1.59 bits per heavy atom. The first-order chi connectivity index (χ1) is 19.2. The van der Waals surface area contributed by atoms with Crippen LogP contribution in [0.3, 0.4) is 0 Å². The molecule has 0 radical (unpaired) electrons. The van der Waals surface area contributed by atoms with Crippen molar-refractivity contribution in [1.82, 2.24) is 9.80 Å². The predicted octanol–water partition coefficient (Wildman–Crippen LogP) is 10.7. The van der Waals surface area contributed by atoms with Crippen LogP contribution in [-0.4, -0.2) is 29.1 Å². The lowest BCUT2D eigenvalue weighted by atomic mass is 9.78. The summed E-state index contributed by atoms with van der Waals surface area (Å²) in [6, 6.07) is 22.3. The van der Waals surface area contributed by atoms with Crippen molar-refractivity contribution in [2.24, 2.45) is 0 Å². The number of rotatable bonds is 21. The summed E-state index contributed by atoms with van der Waals surface area (Å²) in [5, 5.41) is 0. The minimum Gasteiger partial charge on any atom is -0.356 e. The van der Waals surface area contributed by atoms with Crippen LogP contribution in [0.15, 0.2) is 73.1 Å². The molecule has 2 unspecified atom stereocenters. The first kappa shape index (κ1) is 31.3. The highest BCUT2D eigenvalue weighted by atomic mass is 15.4. The second-order valence-electron chi connectivity index (χ2n) is 12.0. The van der Waals surface area contributed by atoms with Gasteiger partial charge in [0.15, 0.2) is 0 Å². The van der Waals surface area contributed by atoms with E-state index in [4.69, 9.17) is 0 Å². The molecule has 2 aromatic rings. The van der Waals surface area contributed by atoms with Crippen molar-refractivity contribution in [2.75, 3.05) is 13.6 Å². The van der Waals surface area contributed by atoms with Crippen molar-refractivity contribution in [3.63, 3.8) is 0 Å². The van der Waals surface area contributed by atoms with Crippen molar-refractivity contribution < 1.29 is 0 Å². The molecule has 0 fully saturated rings. The van der Waals surface area contributed by atoms with Crippen molar-refractivity contribution in [2.45, 2.75) is 135 Å². The molecule has 1 heterocycles. The zero-order valence-electron chi connectivity index (χ0n) is 25.6. The number of hydrogen-bond acceptors (Lipinski definition) is 2. The molecule has 2 aromatic carbocycles. The molecular formula is C37H58N2. The molecule has 2 heteroatoms. The van der Waals surface area contributed by atoms with E-state index in [-0.39, 0.29) is 5.66 Å². The Hall–Kier alpha value is -2.22. The summed E-state index contributed by atoms with van der Waals surface area (Å²) in [4.78, 5) is 5.19. The highest BCUT2D eigenvalue weighted by molar-refractivity contribution is 5.30. The smallest absolute Gasteiger partial charge is 0.123 e. The fraction of sp³-hybridized carbons (Fsp3) is 0.622. The van der Waals surface area contributed by atoms with E-state index < -0.39 is 0 Å². The molecule has 0 amide bonds. The maximum atomic E-state index is 2.68. The van der Waals surface area contributed by atoms with Crippen LogP contribution in [0.5, 0.6) is 0 Å². The van der Waals surface area contributed by atoms with Gasteiger partial charge >= 0.3 is 0 Å². The monoisotopic (exact) mass is 530 g/mol. The second-order valence-corrected chi connectivity index (χ2v) is 12.0. The third-order valence-corrected chi connectivity index (χ3v) is 9.06. The van der Waals surface area contributed by atoms with Gasteiger partial charge in [-0.05, 0) is 24.0 Å². The third-order valence-electron chi connectivity index (χ3n) is 9.06. The van der Waals surface area contributed by atoms with Gasteiger partial charge < -0.3 is 9.80 Å². The molecule has 0 N–H and O–H groups in total. The Bertz CT molecular complexity index is 892. The quantitative estimate of drug-likeness (QED) is 0.148. The van der Waals surface area contributed by atoms with Crippen molar-refractivity contribution in [3.8, 4) is 0 Å². The number of hydrogen-bond donors (Lipinski definition) is 0. The molecule has 0 saturated carbocycles. The van der Waals surface area contributed by atoms with E-state index in [1.807, 2.05) is 0 Å².